The lowest BCUT2D eigenvalue weighted by Crippen LogP contribution is -2.49. The van der Waals surface area contributed by atoms with Crippen molar-refractivity contribution in [1.82, 2.24) is 15.4 Å². The molecule has 2 saturated carbocycles. The highest BCUT2D eigenvalue weighted by Crippen LogP contribution is 2.54. The van der Waals surface area contributed by atoms with Crippen LogP contribution in [0.5, 0.6) is 0 Å². The number of imide groups is 2. The molecule has 4 amide bonds. The Morgan fingerprint density at radius 2 is 1.74 bits per heavy atom. The van der Waals surface area contributed by atoms with Crippen LogP contribution in [0.4, 0.5) is 21.5 Å². The number of piperidine rings is 1. The minimum absolute atomic E-state index is 0.0326. The van der Waals surface area contributed by atoms with Crippen molar-refractivity contribution in [1.29, 1.82) is 5.26 Å². The van der Waals surface area contributed by atoms with Crippen LogP contribution in [0.25, 0.3) is 11.1 Å². The summed E-state index contributed by atoms with van der Waals surface area (Å²) in [7, 11) is 0. The largest absolute Gasteiger partial charge is 0.369 e. The van der Waals surface area contributed by atoms with Gasteiger partial charge in [-0.25, -0.2) is 4.39 Å². The van der Waals surface area contributed by atoms with Crippen LogP contribution in [-0.4, -0.2) is 59.9 Å². The minimum atomic E-state index is -0.605. The van der Waals surface area contributed by atoms with Crippen LogP contribution < -0.4 is 15.1 Å². The number of carbonyl (C=O) groups is 4. The van der Waals surface area contributed by atoms with E-state index in [1.54, 1.807) is 6.92 Å². The Morgan fingerprint density at radius 1 is 1.05 bits per heavy atom. The zero-order valence-electron chi connectivity index (χ0n) is 33.6. The highest BCUT2D eigenvalue weighted by Gasteiger charge is 2.48. The molecule has 12 heteroatoms. The van der Waals surface area contributed by atoms with E-state index in [-0.39, 0.29) is 34.8 Å². The Labute approximate surface area is 338 Å². The number of nitriles is 1. The van der Waals surface area contributed by atoms with Gasteiger partial charge in [0.25, 0.3) is 11.8 Å². The normalized spacial score (nSPS) is 18.4. The second kappa shape index (κ2) is 15.2. The van der Waals surface area contributed by atoms with Gasteiger partial charge in [0.05, 0.1) is 34.0 Å². The number of nitrogens with one attached hydrogen (secondary N) is 1. The second-order valence-electron chi connectivity index (χ2n) is 16.9. The minimum Gasteiger partial charge on any atom is -0.369 e. The fraction of sp³-hybridized carbons (Fsp3) is 0.435. The summed E-state index contributed by atoms with van der Waals surface area (Å²) >= 11 is 0. The van der Waals surface area contributed by atoms with Gasteiger partial charge < -0.3 is 14.3 Å². The predicted octanol–water partition coefficient (Wildman–Crippen LogP) is 8.09. The van der Waals surface area contributed by atoms with Crippen LogP contribution in [0.15, 0.2) is 59.1 Å². The van der Waals surface area contributed by atoms with Crippen LogP contribution in [0.3, 0.4) is 0 Å². The molecule has 1 atom stereocenters. The maximum Gasteiger partial charge on any atom is 0.261 e. The summed E-state index contributed by atoms with van der Waals surface area (Å²) < 4.78 is 21.4. The molecule has 1 aromatic heterocycles. The standard InChI is InChI=1S/C46H49FN6O5/c1-5-40-42(30(4)50-58-40)32-8-6-28(2)38(20-32)52(34-11-9-33(10-12-34)46(26-48)14-15-46)25-31-23-45(24-31)16-18-51(19-17-45)39-22-36-35(21-37(39)47)43(56)53(44(36)57)29(3)7-13-41(55)49-27-54/h6,8-12,20-22,27,29,31H,5,7,13-19,23-25H2,1-4H3,(H,49,54,55). The molecule has 0 bridgehead atoms. The van der Waals surface area contributed by atoms with E-state index in [1.165, 1.54) is 12.1 Å². The first kappa shape index (κ1) is 39.0. The Balaban J connectivity index is 0.969. The number of fused-ring (bicyclic) bond motifs is 1. The van der Waals surface area contributed by atoms with Crippen molar-refractivity contribution in [3.63, 3.8) is 0 Å². The first-order valence-electron chi connectivity index (χ1n) is 20.4. The molecule has 0 radical (unpaired) electrons. The summed E-state index contributed by atoms with van der Waals surface area (Å²) in [6.07, 6.45) is 6.87. The molecule has 1 unspecified atom stereocenters. The Bertz CT molecular complexity index is 2330. The summed E-state index contributed by atoms with van der Waals surface area (Å²) in [6.45, 7) is 9.97. The Hall–Kier alpha value is -5.83. The molecule has 1 saturated heterocycles. The fourth-order valence-corrected chi connectivity index (χ4v) is 9.68. The van der Waals surface area contributed by atoms with Gasteiger partial charge in [-0.2, -0.15) is 5.26 Å². The SMILES string of the molecule is CCc1onc(C)c1-c1ccc(C)c(N(CC2CC3(CCN(c4cc5c(cc4F)C(=O)N(C(C)CCC(=O)NC=O)C5=O)CC3)C2)c2ccc(C3(C#N)CC3)cc2)c1. The van der Waals surface area contributed by atoms with E-state index in [4.69, 9.17) is 4.52 Å². The summed E-state index contributed by atoms with van der Waals surface area (Å²) in [5, 5.41) is 16.2. The van der Waals surface area contributed by atoms with E-state index >= 15 is 4.39 Å². The van der Waals surface area contributed by atoms with Gasteiger partial charge in [0.15, 0.2) is 0 Å². The maximum absolute atomic E-state index is 15.7. The third-order valence-corrected chi connectivity index (χ3v) is 13.2. The van der Waals surface area contributed by atoms with Gasteiger partial charge in [-0.15, -0.1) is 0 Å². The number of anilines is 3. The zero-order chi connectivity index (χ0) is 40.9. The van der Waals surface area contributed by atoms with Crippen LogP contribution in [0.2, 0.25) is 0 Å². The number of nitrogens with zero attached hydrogens (tertiary/aromatic N) is 5. The van der Waals surface area contributed by atoms with Crippen molar-refractivity contribution >= 4 is 41.2 Å². The maximum atomic E-state index is 15.7. The van der Waals surface area contributed by atoms with Crippen LogP contribution in [0, 0.1) is 42.3 Å². The quantitative estimate of drug-likeness (QED) is 0.105. The second-order valence-corrected chi connectivity index (χ2v) is 16.9. The first-order chi connectivity index (χ1) is 27.9. The van der Waals surface area contributed by atoms with E-state index in [2.05, 4.69) is 77.8 Å². The summed E-state index contributed by atoms with van der Waals surface area (Å²) in [5.74, 6) is -0.802. The highest BCUT2D eigenvalue weighted by atomic mass is 19.1. The number of benzene rings is 3. The number of hydrogen-bond acceptors (Lipinski definition) is 9. The first-order valence-corrected chi connectivity index (χ1v) is 20.4. The molecule has 300 valence electrons. The van der Waals surface area contributed by atoms with Gasteiger partial charge in [-0.05, 0) is 124 Å². The number of carbonyl (C=O) groups excluding carboxylic acids is 4. The van der Waals surface area contributed by atoms with Gasteiger partial charge in [-0.1, -0.05) is 36.3 Å². The van der Waals surface area contributed by atoms with Gasteiger partial charge in [0.2, 0.25) is 12.3 Å². The molecular weight excluding hydrogens is 736 g/mol. The summed E-state index contributed by atoms with van der Waals surface area (Å²) in [6, 6.07) is 19.7. The molecule has 1 N–H and O–H groups in total. The van der Waals surface area contributed by atoms with E-state index in [0.717, 1.165) is 101 Å². The smallest absolute Gasteiger partial charge is 0.261 e. The fourth-order valence-electron chi connectivity index (χ4n) is 9.68. The lowest BCUT2D eigenvalue weighted by Gasteiger charge is -2.53. The summed E-state index contributed by atoms with van der Waals surface area (Å²) in [4.78, 5) is 54.6. The van der Waals surface area contributed by atoms with Gasteiger partial charge in [0.1, 0.15) is 11.6 Å². The van der Waals surface area contributed by atoms with E-state index in [9.17, 15) is 24.4 Å². The third kappa shape index (κ3) is 6.94. The van der Waals surface area contributed by atoms with Crippen LogP contribution in [-0.2, 0) is 21.4 Å². The van der Waals surface area contributed by atoms with E-state index in [0.29, 0.717) is 31.1 Å². The molecule has 3 heterocycles. The van der Waals surface area contributed by atoms with Gasteiger partial charge in [0, 0.05) is 55.5 Å². The van der Waals surface area contributed by atoms with Gasteiger partial charge in [-0.3, -0.25) is 29.4 Å². The molecule has 3 aromatic carbocycles. The molecule has 3 fully saturated rings. The van der Waals surface area contributed by atoms with Gasteiger partial charge >= 0.3 is 0 Å². The van der Waals surface area contributed by atoms with E-state index < -0.39 is 29.6 Å². The number of hydrogen-bond donors (Lipinski definition) is 1. The molecular formula is C46H49FN6O5. The molecule has 11 nitrogen and oxygen atoms in total. The molecule has 58 heavy (non-hydrogen) atoms. The third-order valence-electron chi connectivity index (χ3n) is 13.2. The van der Waals surface area contributed by atoms with Crippen molar-refractivity contribution in [2.24, 2.45) is 11.3 Å². The van der Waals surface area contributed by atoms with Crippen molar-refractivity contribution < 1.29 is 28.1 Å². The lowest BCUT2D eigenvalue weighted by molar-refractivity contribution is -0.125. The van der Waals surface area contributed by atoms with Crippen LogP contribution in [0.1, 0.15) is 109 Å². The number of aromatic nitrogens is 1. The highest BCUT2D eigenvalue weighted by molar-refractivity contribution is 6.22. The molecule has 1 spiro atoms. The average molecular weight is 785 g/mol. The number of halogens is 1. The Morgan fingerprint density at radius 3 is 2.38 bits per heavy atom. The Kier molecular flexibility index (Phi) is 10.2. The zero-order valence-corrected chi connectivity index (χ0v) is 33.6. The van der Waals surface area contributed by atoms with Crippen molar-refractivity contribution in [2.75, 3.05) is 29.4 Å². The molecule has 2 aliphatic heterocycles. The monoisotopic (exact) mass is 784 g/mol. The van der Waals surface area contributed by atoms with Crippen molar-refractivity contribution in [3.05, 3.63) is 94.1 Å². The van der Waals surface area contributed by atoms with Crippen molar-refractivity contribution in [2.45, 2.75) is 96.9 Å². The topological polar surface area (TPSA) is 140 Å². The predicted molar refractivity (Wildman–Crippen MR) is 217 cm³/mol. The van der Waals surface area contributed by atoms with E-state index in [1.807, 2.05) is 11.8 Å². The number of amides is 4. The van der Waals surface area contributed by atoms with Crippen molar-refractivity contribution in [3.8, 4) is 17.2 Å². The molecule has 4 aliphatic rings. The number of aryl methyl sites for hydroxylation is 3. The number of rotatable bonds is 13. The lowest BCUT2D eigenvalue weighted by atomic mass is 9.57. The summed E-state index contributed by atoms with van der Waals surface area (Å²) in [5.41, 5.74) is 7.76. The van der Waals surface area contributed by atoms with Crippen LogP contribution >= 0.6 is 0 Å². The average Bonchev–Trinajstić information content (AvgIpc) is 3.87. The molecule has 8 rings (SSSR count). The molecule has 4 aromatic rings. The molecule has 2 aliphatic carbocycles.